The fourth-order valence-corrected chi connectivity index (χ4v) is 3.78. The van der Waals surface area contributed by atoms with E-state index in [9.17, 15) is 24.3 Å². The van der Waals surface area contributed by atoms with E-state index in [0.717, 1.165) is 11.1 Å². The summed E-state index contributed by atoms with van der Waals surface area (Å²) in [6.45, 7) is 0.102. The Labute approximate surface area is 232 Å². The van der Waals surface area contributed by atoms with E-state index < -0.39 is 41.8 Å². The normalized spacial score (nSPS) is 12.8. The zero-order valence-electron chi connectivity index (χ0n) is 22.1. The minimum Gasteiger partial charge on any atom is -0.508 e. The number of phenolic OH excluding ortho intramolecular Hbond substituents is 1. The van der Waals surface area contributed by atoms with E-state index in [0.29, 0.717) is 6.42 Å². The van der Waals surface area contributed by atoms with Crippen molar-refractivity contribution in [3.63, 3.8) is 0 Å². The topological polar surface area (TPSA) is 235 Å². The number of carbonyl (C=O) groups is 4. The highest BCUT2D eigenvalue weighted by molar-refractivity contribution is 5.93. The van der Waals surface area contributed by atoms with Crippen molar-refractivity contribution in [2.24, 2.45) is 22.2 Å². The highest BCUT2D eigenvalue weighted by Gasteiger charge is 2.28. The molecular weight excluding hydrogens is 518 g/mol. The molecule has 0 radical (unpaired) electrons. The highest BCUT2D eigenvalue weighted by Crippen LogP contribution is 2.11. The Hall–Kier alpha value is -4.65. The number of hydrogen-bond donors (Lipinski definition) is 8. The molecule has 0 heterocycles. The molecule has 13 heteroatoms. The first-order valence-electron chi connectivity index (χ1n) is 12.8. The van der Waals surface area contributed by atoms with Crippen molar-refractivity contribution in [1.82, 2.24) is 16.0 Å². The molecule has 3 amide bonds. The fourth-order valence-electron chi connectivity index (χ4n) is 3.78. The number of guanidine groups is 1. The third-order valence-corrected chi connectivity index (χ3v) is 5.86. The van der Waals surface area contributed by atoms with Crippen molar-refractivity contribution in [3.8, 4) is 5.75 Å². The molecular formula is C27H37N7O6. The molecule has 11 N–H and O–H groups in total. The highest BCUT2D eigenvalue weighted by atomic mass is 16.4. The lowest BCUT2D eigenvalue weighted by atomic mass is 10.0. The van der Waals surface area contributed by atoms with Crippen LogP contribution in [0.15, 0.2) is 59.6 Å². The van der Waals surface area contributed by atoms with E-state index in [1.54, 1.807) is 36.4 Å². The zero-order valence-corrected chi connectivity index (χ0v) is 22.1. The number of nitrogens with two attached hydrogens (primary N) is 3. The smallest absolute Gasteiger partial charge is 0.305 e. The van der Waals surface area contributed by atoms with Crippen LogP contribution in [0.3, 0.4) is 0 Å². The van der Waals surface area contributed by atoms with Crippen molar-refractivity contribution in [2.45, 2.75) is 50.2 Å². The van der Waals surface area contributed by atoms with Crippen molar-refractivity contribution in [2.75, 3.05) is 13.1 Å². The summed E-state index contributed by atoms with van der Waals surface area (Å²) in [7, 11) is 0. The van der Waals surface area contributed by atoms with Gasteiger partial charge in [-0.05, 0) is 42.5 Å². The summed E-state index contributed by atoms with van der Waals surface area (Å²) in [4.78, 5) is 53.9. The van der Waals surface area contributed by atoms with E-state index >= 15 is 0 Å². The molecule has 0 aromatic heterocycles. The number of carboxylic acids is 1. The Kier molecular flexibility index (Phi) is 12.9. The van der Waals surface area contributed by atoms with Crippen LogP contribution in [0, 0.1) is 0 Å². The monoisotopic (exact) mass is 555 g/mol. The molecule has 0 aliphatic rings. The lowest BCUT2D eigenvalue weighted by Crippen LogP contribution is -2.56. The van der Waals surface area contributed by atoms with E-state index in [2.05, 4.69) is 20.9 Å². The summed E-state index contributed by atoms with van der Waals surface area (Å²) in [5, 5.41) is 26.2. The second kappa shape index (κ2) is 16.3. The predicted octanol–water partition coefficient (Wildman–Crippen LogP) is -0.881. The van der Waals surface area contributed by atoms with Gasteiger partial charge in [0.25, 0.3) is 0 Å². The number of hydrogen-bond acceptors (Lipinski definition) is 7. The molecule has 216 valence electrons. The van der Waals surface area contributed by atoms with Gasteiger partial charge in [-0.3, -0.25) is 24.2 Å². The van der Waals surface area contributed by atoms with Gasteiger partial charge in [0.15, 0.2) is 5.96 Å². The van der Waals surface area contributed by atoms with E-state index in [-0.39, 0.29) is 50.5 Å². The van der Waals surface area contributed by atoms with Crippen LogP contribution in [-0.4, -0.2) is 71.1 Å². The maximum absolute atomic E-state index is 13.4. The third kappa shape index (κ3) is 11.8. The molecule has 0 spiro atoms. The molecule has 0 aliphatic carbocycles. The molecule has 0 saturated carbocycles. The SMILES string of the molecule is NC(N)=NCCC[C@H](NC(=O)[C@@H](N)Cc1ccc(O)cc1)C(=O)N[C@@H](Cc1ccccc1)C(=O)NCCC(=O)O. The number of aliphatic imine (C=N–C) groups is 1. The fraction of sp³-hybridized carbons (Fsp3) is 0.370. The summed E-state index contributed by atoms with van der Waals surface area (Å²) < 4.78 is 0. The number of nitrogens with one attached hydrogen (secondary N) is 3. The number of nitrogens with zero attached hydrogens (tertiary/aromatic N) is 1. The molecule has 3 atom stereocenters. The summed E-state index contributed by atoms with van der Waals surface area (Å²) in [6.07, 6.45) is 0.522. The Bertz CT molecular complexity index is 1150. The largest absolute Gasteiger partial charge is 0.508 e. The van der Waals surface area contributed by atoms with Gasteiger partial charge in [0.05, 0.1) is 12.5 Å². The number of benzene rings is 2. The second-order valence-electron chi connectivity index (χ2n) is 9.17. The Morgan fingerprint density at radius 2 is 1.45 bits per heavy atom. The second-order valence-corrected chi connectivity index (χ2v) is 9.17. The van der Waals surface area contributed by atoms with Gasteiger partial charge in [0.2, 0.25) is 17.7 Å². The molecule has 13 nitrogen and oxygen atoms in total. The molecule has 0 saturated heterocycles. The Morgan fingerprint density at radius 3 is 2.08 bits per heavy atom. The van der Waals surface area contributed by atoms with Crippen LogP contribution >= 0.6 is 0 Å². The quantitative estimate of drug-likeness (QED) is 0.0728. The predicted molar refractivity (Wildman–Crippen MR) is 149 cm³/mol. The van der Waals surface area contributed by atoms with Crippen molar-refractivity contribution in [1.29, 1.82) is 0 Å². The minimum absolute atomic E-state index is 0.0799. The van der Waals surface area contributed by atoms with E-state index in [4.69, 9.17) is 22.3 Å². The first-order valence-corrected chi connectivity index (χ1v) is 12.8. The van der Waals surface area contributed by atoms with Crippen molar-refractivity contribution in [3.05, 3.63) is 65.7 Å². The standard InChI is InChI=1S/C27H37N7O6/c28-20(15-18-8-10-19(35)11-9-18)24(38)33-21(7-4-13-32-27(29)30)26(40)34-22(16-17-5-2-1-3-6-17)25(39)31-14-12-23(36)37/h1-3,5-6,8-11,20-22,35H,4,7,12-16,28H2,(H,31,39)(H,33,38)(H,34,40)(H,36,37)(H4,29,30,32)/t20-,21-,22-/m0/s1. The van der Waals surface area contributed by atoms with Gasteiger partial charge in [0.1, 0.15) is 17.8 Å². The van der Waals surface area contributed by atoms with Crippen molar-refractivity contribution >= 4 is 29.7 Å². The Balaban J connectivity index is 2.15. The van der Waals surface area contributed by atoms with E-state index in [1.165, 1.54) is 12.1 Å². The first-order chi connectivity index (χ1) is 19.0. The van der Waals surface area contributed by atoms with Gasteiger partial charge in [-0.25, -0.2) is 0 Å². The van der Waals surface area contributed by atoms with Gasteiger partial charge < -0.3 is 43.4 Å². The number of amides is 3. The molecule has 2 aromatic carbocycles. The molecule has 2 rings (SSSR count). The van der Waals surface area contributed by atoms with E-state index in [1.807, 2.05) is 6.07 Å². The van der Waals surface area contributed by atoms with Crippen LogP contribution in [0.5, 0.6) is 5.75 Å². The van der Waals surface area contributed by atoms with Crippen LogP contribution in [0.25, 0.3) is 0 Å². The number of carbonyl (C=O) groups excluding carboxylic acids is 3. The summed E-state index contributed by atoms with van der Waals surface area (Å²) >= 11 is 0. The molecule has 0 aliphatic heterocycles. The van der Waals surface area contributed by atoms with Gasteiger partial charge in [-0.1, -0.05) is 42.5 Å². The molecule has 0 unspecified atom stereocenters. The van der Waals surface area contributed by atoms with Crippen molar-refractivity contribution < 1.29 is 29.4 Å². The first kappa shape index (κ1) is 31.6. The number of carboxylic acid groups (broad SMARTS) is 1. The number of rotatable bonds is 16. The summed E-state index contributed by atoms with van der Waals surface area (Å²) in [5.74, 6) is -2.87. The lowest BCUT2D eigenvalue weighted by Gasteiger charge is -2.24. The number of aliphatic carboxylic acids is 1. The third-order valence-electron chi connectivity index (χ3n) is 5.86. The summed E-state index contributed by atoms with van der Waals surface area (Å²) in [5.41, 5.74) is 18.3. The maximum Gasteiger partial charge on any atom is 0.305 e. The van der Waals surface area contributed by atoms with Crippen LogP contribution < -0.4 is 33.2 Å². The van der Waals surface area contributed by atoms with Gasteiger partial charge in [-0.2, -0.15) is 0 Å². The average molecular weight is 556 g/mol. The van der Waals surface area contributed by atoms with Crippen LogP contribution in [-0.2, 0) is 32.0 Å². The van der Waals surface area contributed by atoms with Crippen LogP contribution in [0.2, 0.25) is 0 Å². The van der Waals surface area contributed by atoms with Crippen LogP contribution in [0.1, 0.15) is 30.4 Å². The minimum atomic E-state index is -1.07. The molecule has 0 fully saturated rings. The zero-order chi connectivity index (χ0) is 29.5. The Morgan fingerprint density at radius 1 is 0.825 bits per heavy atom. The van der Waals surface area contributed by atoms with Gasteiger partial charge >= 0.3 is 5.97 Å². The number of aromatic hydroxyl groups is 1. The molecule has 0 bridgehead atoms. The van der Waals surface area contributed by atoms with Gasteiger partial charge in [0, 0.05) is 19.5 Å². The lowest BCUT2D eigenvalue weighted by molar-refractivity contribution is -0.137. The van der Waals surface area contributed by atoms with Gasteiger partial charge in [-0.15, -0.1) is 0 Å². The maximum atomic E-state index is 13.4. The number of phenols is 1. The summed E-state index contributed by atoms with van der Waals surface area (Å²) in [6, 6.07) is 12.1. The van der Waals surface area contributed by atoms with Crippen LogP contribution in [0.4, 0.5) is 0 Å². The average Bonchev–Trinajstić information content (AvgIpc) is 2.91. The molecule has 40 heavy (non-hydrogen) atoms. The molecule has 2 aromatic rings.